The molecular weight excluding hydrogens is 352 g/mol. The summed E-state index contributed by atoms with van der Waals surface area (Å²) >= 11 is 1.54. The Balaban J connectivity index is 1.90. The van der Waals surface area contributed by atoms with E-state index in [0.29, 0.717) is 29.6 Å². The maximum atomic E-state index is 11.3. The Morgan fingerprint density at radius 2 is 2.27 bits per heavy atom. The topological polar surface area (TPSA) is 89.1 Å². The van der Waals surface area contributed by atoms with Crippen LogP contribution in [0.4, 0.5) is 5.82 Å². The van der Waals surface area contributed by atoms with E-state index in [-0.39, 0.29) is 12.0 Å². The van der Waals surface area contributed by atoms with E-state index in [9.17, 15) is 4.79 Å². The first kappa shape index (κ1) is 16.7. The fourth-order valence-corrected chi connectivity index (χ4v) is 3.31. The standard InChI is InChI=1S/C18H18N4O3S/c1-9-8-24-14-5-16(26-3)22-17(18(14)25-9)12-6-19-13-7-20-15(4-11(12)13)21-10(2)23/h4-7,9,19H,8H2,1-3H3,(H,20,21,23). The van der Waals surface area contributed by atoms with Crippen LogP contribution in [-0.2, 0) is 4.79 Å². The molecule has 8 heteroatoms. The predicted octanol–water partition coefficient (Wildman–Crippen LogP) is 3.46. The molecule has 1 aliphatic heterocycles. The number of thioether (sulfide) groups is 1. The van der Waals surface area contributed by atoms with Gasteiger partial charge in [-0.1, -0.05) is 0 Å². The van der Waals surface area contributed by atoms with Crippen molar-refractivity contribution in [2.45, 2.75) is 25.0 Å². The Morgan fingerprint density at radius 1 is 1.42 bits per heavy atom. The van der Waals surface area contributed by atoms with Crippen LogP contribution in [0.3, 0.4) is 0 Å². The molecule has 7 nitrogen and oxygen atoms in total. The molecular formula is C18H18N4O3S. The van der Waals surface area contributed by atoms with E-state index < -0.39 is 0 Å². The van der Waals surface area contributed by atoms with Crippen LogP contribution >= 0.6 is 11.8 Å². The fraction of sp³-hybridized carbons (Fsp3) is 0.278. The highest BCUT2D eigenvalue weighted by Gasteiger charge is 2.25. The normalized spacial score (nSPS) is 15.9. The lowest BCUT2D eigenvalue weighted by molar-refractivity contribution is -0.114. The van der Waals surface area contributed by atoms with Gasteiger partial charge in [-0.3, -0.25) is 4.79 Å². The van der Waals surface area contributed by atoms with Crippen molar-refractivity contribution in [2.75, 3.05) is 18.2 Å². The van der Waals surface area contributed by atoms with Gasteiger partial charge in [0.15, 0.2) is 11.5 Å². The van der Waals surface area contributed by atoms with E-state index in [1.165, 1.54) is 6.92 Å². The molecule has 26 heavy (non-hydrogen) atoms. The molecule has 2 N–H and O–H groups in total. The average Bonchev–Trinajstić information content (AvgIpc) is 3.03. The van der Waals surface area contributed by atoms with Gasteiger partial charge in [0.2, 0.25) is 5.91 Å². The van der Waals surface area contributed by atoms with Gasteiger partial charge in [0, 0.05) is 30.1 Å². The highest BCUT2D eigenvalue weighted by molar-refractivity contribution is 7.98. The van der Waals surface area contributed by atoms with Gasteiger partial charge in [-0.15, -0.1) is 11.8 Å². The molecule has 1 aliphatic rings. The van der Waals surface area contributed by atoms with Gasteiger partial charge < -0.3 is 19.8 Å². The number of ether oxygens (including phenoxy) is 2. The molecule has 4 rings (SSSR count). The lowest BCUT2D eigenvalue weighted by atomic mass is 10.1. The summed E-state index contributed by atoms with van der Waals surface area (Å²) < 4.78 is 11.9. The van der Waals surface area contributed by atoms with E-state index in [4.69, 9.17) is 14.5 Å². The molecule has 1 amide bonds. The number of rotatable bonds is 3. The minimum atomic E-state index is -0.167. The molecule has 134 valence electrons. The molecule has 4 heterocycles. The van der Waals surface area contributed by atoms with E-state index in [2.05, 4.69) is 15.3 Å². The van der Waals surface area contributed by atoms with Crippen LogP contribution in [-0.4, -0.2) is 39.8 Å². The molecule has 0 saturated heterocycles. The lowest BCUT2D eigenvalue weighted by Crippen LogP contribution is -2.26. The Hall–Kier alpha value is -2.74. The van der Waals surface area contributed by atoms with Crippen LogP contribution < -0.4 is 14.8 Å². The van der Waals surface area contributed by atoms with Crippen LogP contribution in [0.1, 0.15) is 13.8 Å². The van der Waals surface area contributed by atoms with Gasteiger partial charge in [-0.2, -0.15) is 0 Å². The smallest absolute Gasteiger partial charge is 0.222 e. The quantitative estimate of drug-likeness (QED) is 0.686. The first-order valence-electron chi connectivity index (χ1n) is 8.18. The summed E-state index contributed by atoms with van der Waals surface area (Å²) in [6.45, 7) is 3.92. The summed E-state index contributed by atoms with van der Waals surface area (Å²) in [6.07, 6.45) is 5.48. The monoisotopic (exact) mass is 370 g/mol. The first-order valence-corrected chi connectivity index (χ1v) is 9.41. The SMILES string of the molecule is CSc1cc2c(c(-c3c[nH]c4cnc(NC(C)=O)cc34)n1)OC(C)CO2. The van der Waals surface area contributed by atoms with Crippen LogP contribution in [0.25, 0.3) is 22.2 Å². The van der Waals surface area contributed by atoms with E-state index in [1.807, 2.05) is 31.5 Å². The zero-order chi connectivity index (χ0) is 18.3. The number of pyridine rings is 2. The van der Waals surface area contributed by atoms with Crippen molar-refractivity contribution >= 4 is 34.4 Å². The molecule has 3 aromatic rings. The van der Waals surface area contributed by atoms with Crippen molar-refractivity contribution in [3.05, 3.63) is 24.5 Å². The molecule has 0 radical (unpaired) electrons. The van der Waals surface area contributed by atoms with Gasteiger partial charge in [-0.25, -0.2) is 9.97 Å². The highest BCUT2D eigenvalue weighted by Crippen LogP contribution is 2.43. The van der Waals surface area contributed by atoms with Gasteiger partial charge >= 0.3 is 0 Å². The largest absolute Gasteiger partial charge is 0.486 e. The minimum absolute atomic E-state index is 0.0509. The molecule has 1 atom stereocenters. The Labute approximate surface area is 154 Å². The van der Waals surface area contributed by atoms with Crippen molar-refractivity contribution < 1.29 is 14.3 Å². The van der Waals surface area contributed by atoms with Crippen molar-refractivity contribution in [1.29, 1.82) is 0 Å². The van der Waals surface area contributed by atoms with Crippen molar-refractivity contribution in [3.63, 3.8) is 0 Å². The van der Waals surface area contributed by atoms with Crippen LogP contribution in [0.2, 0.25) is 0 Å². The van der Waals surface area contributed by atoms with Gasteiger partial charge in [-0.05, 0) is 19.2 Å². The predicted molar refractivity (Wildman–Crippen MR) is 101 cm³/mol. The number of anilines is 1. The maximum Gasteiger partial charge on any atom is 0.222 e. The molecule has 1 unspecified atom stereocenters. The first-order chi connectivity index (χ1) is 12.5. The summed E-state index contributed by atoms with van der Waals surface area (Å²) in [4.78, 5) is 23.5. The number of amides is 1. The molecule has 3 aromatic heterocycles. The number of nitrogens with one attached hydrogen (secondary N) is 2. The molecule has 0 spiro atoms. The minimum Gasteiger partial charge on any atom is -0.486 e. The molecule has 0 bridgehead atoms. The van der Waals surface area contributed by atoms with Crippen LogP contribution in [0.15, 0.2) is 29.6 Å². The summed E-state index contributed by atoms with van der Waals surface area (Å²) in [5.41, 5.74) is 2.44. The fourth-order valence-electron chi connectivity index (χ4n) is 2.90. The van der Waals surface area contributed by atoms with Gasteiger partial charge in [0.25, 0.3) is 0 Å². The Morgan fingerprint density at radius 3 is 3.04 bits per heavy atom. The number of aromatic amines is 1. The zero-order valence-corrected chi connectivity index (χ0v) is 15.4. The molecule has 0 aliphatic carbocycles. The Kier molecular flexibility index (Phi) is 4.20. The molecule has 0 saturated carbocycles. The van der Waals surface area contributed by atoms with Crippen molar-refractivity contribution in [3.8, 4) is 22.8 Å². The number of H-pyrrole nitrogens is 1. The number of hydrogen-bond donors (Lipinski definition) is 2. The summed E-state index contributed by atoms with van der Waals surface area (Å²) in [6, 6.07) is 3.73. The van der Waals surface area contributed by atoms with E-state index in [1.54, 1.807) is 18.0 Å². The van der Waals surface area contributed by atoms with E-state index in [0.717, 1.165) is 21.5 Å². The lowest BCUT2D eigenvalue weighted by Gasteiger charge is -2.25. The molecule has 0 aromatic carbocycles. The average molecular weight is 370 g/mol. The zero-order valence-electron chi connectivity index (χ0n) is 14.6. The van der Waals surface area contributed by atoms with Crippen molar-refractivity contribution in [2.24, 2.45) is 0 Å². The Bertz CT molecular complexity index is 1000. The van der Waals surface area contributed by atoms with Crippen LogP contribution in [0, 0.1) is 0 Å². The van der Waals surface area contributed by atoms with Crippen molar-refractivity contribution in [1.82, 2.24) is 15.0 Å². The summed E-state index contributed by atoms with van der Waals surface area (Å²) in [7, 11) is 0. The molecule has 0 fully saturated rings. The second-order valence-corrected chi connectivity index (χ2v) is 6.91. The highest BCUT2D eigenvalue weighted by atomic mass is 32.2. The number of aromatic nitrogens is 3. The maximum absolute atomic E-state index is 11.3. The number of hydrogen-bond acceptors (Lipinski definition) is 6. The number of carbonyl (C=O) groups is 1. The third kappa shape index (κ3) is 2.96. The number of nitrogens with zero attached hydrogens (tertiary/aromatic N) is 2. The third-order valence-corrected chi connectivity index (χ3v) is 4.67. The van der Waals surface area contributed by atoms with Gasteiger partial charge in [0.05, 0.1) is 11.7 Å². The summed E-state index contributed by atoms with van der Waals surface area (Å²) in [5, 5.41) is 4.46. The number of carbonyl (C=O) groups excluding carboxylic acids is 1. The van der Waals surface area contributed by atoms with Crippen LogP contribution in [0.5, 0.6) is 11.5 Å². The second kappa shape index (κ2) is 6.53. The number of fused-ring (bicyclic) bond motifs is 2. The summed E-state index contributed by atoms with van der Waals surface area (Å²) in [5.74, 6) is 1.66. The van der Waals surface area contributed by atoms with Gasteiger partial charge in [0.1, 0.15) is 29.2 Å². The van der Waals surface area contributed by atoms with E-state index >= 15 is 0 Å². The third-order valence-electron chi connectivity index (χ3n) is 4.04. The second-order valence-electron chi connectivity index (χ2n) is 6.08.